The number of para-hydroxylation sites is 2. The molecule has 0 saturated carbocycles. The summed E-state index contributed by atoms with van der Waals surface area (Å²) in [6, 6.07) is 7.71. The number of carbonyl (C=O) groups excluding carboxylic acids is 2. The largest absolute Gasteiger partial charge is 0.444 e. The molecule has 1 aromatic carbocycles. The van der Waals surface area contributed by atoms with Crippen LogP contribution in [0.2, 0.25) is 0 Å². The molecule has 2 heterocycles. The Morgan fingerprint density at radius 1 is 1.28 bits per heavy atom. The highest BCUT2D eigenvalue weighted by Gasteiger charge is 2.33. The van der Waals surface area contributed by atoms with E-state index in [1.54, 1.807) is 4.90 Å². The van der Waals surface area contributed by atoms with Gasteiger partial charge in [0.15, 0.2) is 11.6 Å². The van der Waals surface area contributed by atoms with Gasteiger partial charge in [-0.25, -0.2) is 9.78 Å². The zero-order chi connectivity index (χ0) is 18.2. The van der Waals surface area contributed by atoms with E-state index in [4.69, 9.17) is 4.74 Å². The van der Waals surface area contributed by atoms with Gasteiger partial charge < -0.3 is 14.2 Å². The van der Waals surface area contributed by atoms with Crippen molar-refractivity contribution in [3.63, 3.8) is 0 Å². The number of rotatable bonds is 3. The molecular weight excluding hydrogens is 318 g/mol. The summed E-state index contributed by atoms with van der Waals surface area (Å²) in [6.45, 7) is 8.36. The van der Waals surface area contributed by atoms with Crippen molar-refractivity contribution in [3.05, 3.63) is 30.1 Å². The molecule has 1 aliphatic rings. The lowest BCUT2D eigenvalue weighted by molar-refractivity contribution is 0.0214. The highest BCUT2D eigenvalue weighted by atomic mass is 16.6. The number of benzene rings is 1. The van der Waals surface area contributed by atoms with E-state index in [1.807, 2.05) is 49.6 Å². The molecule has 0 radical (unpaired) electrons. The van der Waals surface area contributed by atoms with Crippen LogP contribution >= 0.6 is 0 Å². The molecule has 2 aromatic rings. The van der Waals surface area contributed by atoms with Crippen molar-refractivity contribution in [2.24, 2.45) is 0 Å². The maximum atomic E-state index is 12.5. The van der Waals surface area contributed by atoms with E-state index in [0.29, 0.717) is 18.9 Å². The van der Waals surface area contributed by atoms with Gasteiger partial charge in [0.05, 0.1) is 17.1 Å². The molecule has 134 valence electrons. The predicted molar refractivity (Wildman–Crippen MR) is 95.7 cm³/mol. The maximum Gasteiger partial charge on any atom is 0.410 e. The van der Waals surface area contributed by atoms with Gasteiger partial charge >= 0.3 is 6.09 Å². The number of nitrogens with zero attached hydrogens (tertiary/aromatic N) is 3. The topological polar surface area (TPSA) is 64.4 Å². The van der Waals surface area contributed by atoms with Crippen molar-refractivity contribution < 1.29 is 14.3 Å². The van der Waals surface area contributed by atoms with Crippen molar-refractivity contribution in [2.75, 3.05) is 6.54 Å². The van der Waals surface area contributed by atoms with Crippen molar-refractivity contribution >= 4 is 22.9 Å². The van der Waals surface area contributed by atoms with Crippen LogP contribution in [0.4, 0.5) is 4.79 Å². The number of hydrogen-bond donors (Lipinski definition) is 0. The minimum absolute atomic E-state index is 0.00514. The Balaban J connectivity index is 1.88. The lowest BCUT2D eigenvalue weighted by Gasteiger charge is -2.29. The normalized spacial score (nSPS) is 17.9. The molecule has 3 rings (SSSR count). The Kier molecular flexibility index (Phi) is 4.54. The first-order valence-corrected chi connectivity index (χ1v) is 8.72. The minimum Gasteiger partial charge on any atom is -0.444 e. The number of ketones is 1. The molecular formula is C19H25N3O3. The highest BCUT2D eigenvalue weighted by molar-refractivity contribution is 5.94. The standard InChI is InChI=1S/C19H25N3O3/c1-13(23)17-20-15-9-5-6-10-16(15)22(17)12-14-8-7-11-21(14)18(24)25-19(2,3)4/h5-6,9-10,14H,7-8,11-12H2,1-4H3. The Bertz CT molecular complexity index is 804. The van der Waals surface area contributed by atoms with Crippen LogP contribution in [0.25, 0.3) is 11.0 Å². The van der Waals surface area contributed by atoms with Gasteiger partial charge in [-0.1, -0.05) is 12.1 Å². The Morgan fingerprint density at radius 2 is 2.00 bits per heavy atom. The van der Waals surface area contributed by atoms with E-state index in [-0.39, 0.29) is 17.9 Å². The molecule has 0 bridgehead atoms. The average molecular weight is 343 g/mol. The zero-order valence-corrected chi connectivity index (χ0v) is 15.3. The third-order valence-electron chi connectivity index (χ3n) is 4.37. The van der Waals surface area contributed by atoms with Crippen LogP contribution in [-0.4, -0.2) is 44.5 Å². The summed E-state index contributed by atoms with van der Waals surface area (Å²) < 4.78 is 7.47. The van der Waals surface area contributed by atoms with Crippen molar-refractivity contribution in [1.82, 2.24) is 14.5 Å². The van der Waals surface area contributed by atoms with Crippen LogP contribution in [0.15, 0.2) is 24.3 Å². The molecule has 1 atom stereocenters. The summed E-state index contributed by atoms with van der Waals surface area (Å²) in [5.41, 5.74) is 1.20. The van der Waals surface area contributed by atoms with Crippen LogP contribution in [0, 0.1) is 0 Å². The number of carbonyl (C=O) groups is 2. The monoisotopic (exact) mass is 343 g/mol. The van der Waals surface area contributed by atoms with E-state index in [0.717, 1.165) is 23.9 Å². The van der Waals surface area contributed by atoms with Crippen molar-refractivity contribution in [1.29, 1.82) is 0 Å². The number of Topliss-reactive ketones (excluding diaryl/α,β-unsaturated/α-hetero) is 1. The number of fused-ring (bicyclic) bond motifs is 1. The van der Waals surface area contributed by atoms with Crippen molar-refractivity contribution in [2.45, 2.75) is 58.7 Å². The van der Waals surface area contributed by atoms with Gasteiger partial charge in [-0.05, 0) is 45.7 Å². The second-order valence-corrected chi connectivity index (χ2v) is 7.56. The van der Waals surface area contributed by atoms with Gasteiger partial charge in [0.2, 0.25) is 0 Å². The molecule has 0 spiro atoms. The smallest absolute Gasteiger partial charge is 0.410 e. The molecule has 1 amide bonds. The SMILES string of the molecule is CC(=O)c1nc2ccccc2n1CC1CCCN1C(=O)OC(C)(C)C. The van der Waals surface area contributed by atoms with Crippen molar-refractivity contribution in [3.8, 4) is 0 Å². The molecule has 1 unspecified atom stereocenters. The summed E-state index contributed by atoms with van der Waals surface area (Å²) in [7, 11) is 0. The summed E-state index contributed by atoms with van der Waals surface area (Å²) in [5, 5.41) is 0. The number of imidazole rings is 1. The number of likely N-dealkylation sites (tertiary alicyclic amines) is 1. The number of hydrogen-bond acceptors (Lipinski definition) is 4. The van der Waals surface area contributed by atoms with Gasteiger partial charge in [0, 0.05) is 20.0 Å². The third-order valence-corrected chi connectivity index (χ3v) is 4.37. The second kappa shape index (κ2) is 6.50. The van der Waals surface area contributed by atoms with Crippen LogP contribution in [0.1, 0.15) is 51.2 Å². The molecule has 1 fully saturated rings. The summed E-state index contributed by atoms with van der Waals surface area (Å²) in [6.07, 6.45) is 1.54. The van der Waals surface area contributed by atoms with Crippen LogP contribution in [0.5, 0.6) is 0 Å². The maximum absolute atomic E-state index is 12.5. The lowest BCUT2D eigenvalue weighted by atomic mass is 10.2. The first-order chi connectivity index (χ1) is 11.8. The molecule has 25 heavy (non-hydrogen) atoms. The highest BCUT2D eigenvalue weighted by Crippen LogP contribution is 2.25. The average Bonchev–Trinajstić information content (AvgIpc) is 3.11. The van der Waals surface area contributed by atoms with E-state index >= 15 is 0 Å². The molecule has 1 saturated heterocycles. The molecule has 0 N–H and O–H groups in total. The van der Waals surface area contributed by atoms with E-state index < -0.39 is 5.60 Å². The van der Waals surface area contributed by atoms with Gasteiger partial charge in [0.25, 0.3) is 0 Å². The first-order valence-electron chi connectivity index (χ1n) is 8.72. The molecule has 1 aliphatic heterocycles. The summed E-state index contributed by atoms with van der Waals surface area (Å²) in [4.78, 5) is 30.8. The third kappa shape index (κ3) is 3.67. The Morgan fingerprint density at radius 3 is 2.68 bits per heavy atom. The molecule has 6 heteroatoms. The van der Waals surface area contributed by atoms with Crippen LogP contribution in [-0.2, 0) is 11.3 Å². The molecule has 1 aromatic heterocycles. The van der Waals surface area contributed by atoms with E-state index in [9.17, 15) is 9.59 Å². The zero-order valence-electron chi connectivity index (χ0n) is 15.3. The second-order valence-electron chi connectivity index (χ2n) is 7.56. The number of aromatic nitrogens is 2. The van der Waals surface area contributed by atoms with E-state index in [2.05, 4.69) is 4.98 Å². The summed E-state index contributed by atoms with van der Waals surface area (Å²) >= 11 is 0. The minimum atomic E-state index is -0.517. The Hall–Kier alpha value is -2.37. The Labute approximate surface area is 147 Å². The van der Waals surface area contributed by atoms with E-state index in [1.165, 1.54) is 6.92 Å². The van der Waals surface area contributed by atoms with Crippen LogP contribution < -0.4 is 0 Å². The van der Waals surface area contributed by atoms with Crippen LogP contribution in [0.3, 0.4) is 0 Å². The quantitative estimate of drug-likeness (QED) is 0.798. The fraction of sp³-hybridized carbons (Fsp3) is 0.526. The lowest BCUT2D eigenvalue weighted by Crippen LogP contribution is -2.41. The van der Waals surface area contributed by atoms with Gasteiger partial charge in [-0.15, -0.1) is 0 Å². The summed E-state index contributed by atoms with van der Waals surface area (Å²) in [5.74, 6) is 0.371. The van der Waals surface area contributed by atoms with Gasteiger partial charge in [0.1, 0.15) is 5.60 Å². The number of ether oxygens (including phenoxy) is 1. The first kappa shape index (κ1) is 17.5. The predicted octanol–water partition coefficient (Wildman–Crippen LogP) is 3.64. The fourth-order valence-electron chi connectivity index (χ4n) is 3.33. The van der Waals surface area contributed by atoms with Gasteiger partial charge in [-0.2, -0.15) is 0 Å². The van der Waals surface area contributed by atoms with Gasteiger partial charge in [-0.3, -0.25) is 4.79 Å². The molecule has 0 aliphatic carbocycles. The fourth-order valence-corrected chi connectivity index (χ4v) is 3.33. The number of amides is 1. The molecule has 6 nitrogen and oxygen atoms in total.